The van der Waals surface area contributed by atoms with Crippen molar-refractivity contribution in [3.05, 3.63) is 42.7 Å². The smallest absolute Gasteiger partial charge is 0.0604 e. The Balaban J connectivity index is 2.23. The number of nitrogens with zero attached hydrogens (tertiary/aromatic N) is 1. The lowest BCUT2D eigenvalue weighted by Crippen LogP contribution is -2.07. The molecule has 0 saturated carbocycles. The van der Waals surface area contributed by atoms with E-state index in [2.05, 4.69) is 5.32 Å². The van der Waals surface area contributed by atoms with Crippen LogP contribution in [0.25, 0.3) is 5.69 Å². The van der Waals surface area contributed by atoms with E-state index < -0.39 is 0 Å². The molecule has 0 aliphatic heterocycles. The first-order chi connectivity index (χ1) is 7.81. The van der Waals surface area contributed by atoms with Crippen LogP contribution >= 0.6 is 0 Å². The van der Waals surface area contributed by atoms with Crippen LogP contribution in [-0.4, -0.2) is 22.8 Å². The Morgan fingerprint density at radius 3 is 2.62 bits per heavy atom. The Morgan fingerprint density at radius 1 is 1.25 bits per heavy atom. The number of hydrogen-bond acceptors (Lipinski definition) is 3. The van der Waals surface area contributed by atoms with Crippen molar-refractivity contribution in [1.82, 2.24) is 4.57 Å². The average molecular weight is 217 g/mol. The third-order valence-corrected chi connectivity index (χ3v) is 2.36. The van der Waals surface area contributed by atoms with Crippen molar-refractivity contribution in [2.45, 2.75) is 0 Å². The lowest BCUT2D eigenvalue weighted by Gasteiger charge is -2.10. The number of aromatic nitrogens is 1. The fourth-order valence-corrected chi connectivity index (χ4v) is 1.57. The van der Waals surface area contributed by atoms with E-state index in [1.807, 2.05) is 47.3 Å². The molecular weight excluding hydrogens is 202 g/mol. The van der Waals surface area contributed by atoms with Crippen molar-refractivity contribution < 1.29 is 5.11 Å². The molecule has 0 spiro atoms. The van der Waals surface area contributed by atoms with E-state index in [0.717, 1.165) is 11.4 Å². The number of nitrogens with two attached hydrogens (primary N) is 1. The monoisotopic (exact) mass is 217 g/mol. The summed E-state index contributed by atoms with van der Waals surface area (Å²) in [6, 6.07) is 9.73. The van der Waals surface area contributed by atoms with Crippen LogP contribution in [0.3, 0.4) is 0 Å². The summed E-state index contributed by atoms with van der Waals surface area (Å²) in [6.07, 6.45) is 3.94. The van der Waals surface area contributed by atoms with E-state index in [1.165, 1.54) is 0 Å². The van der Waals surface area contributed by atoms with Crippen LogP contribution in [0.15, 0.2) is 42.7 Å². The quantitative estimate of drug-likeness (QED) is 0.679. The van der Waals surface area contributed by atoms with Crippen LogP contribution in [0.1, 0.15) is 0 Å². The third kappa shape index (κ3) is 2.17. The summed E-state index contributed by atoms with van der Waals surface area (Å²) in [5, 5.41) is 11.8. The first kappa shape index (κ1) is 10.6. The summed E-state index contributed by atoms with van der Waals surface area (Å²) in [5.41, 5.74) is 8.47. The zero-order valence-corrected chi connectivity index (χ0v) is 8.93. The highest BCUT2D eigenvalue weighted by molar-refractivity contribution is 5.69. The second-order valence-corrected chi connectivity index (χ2v) is 3.51. The Hall–Kier alpha value is -1.94. The van der Waals surface area contributed by atoms with Gasteiger partial charge in [0.15, 0.2) is 0 Å². The molecule has 1 aromatic heterocycles. The second-order valence-electron chi connectivity index (χ2n) is 3.51. The standard InChI is InChI=1S/C12H15N3O/c13-11-9-10(15-6-1-2-7-15)3-4-12(11)14-5-8-16/h1-4,6-7,9,14,16H,5,8,13H2. The van der Waals surface area contributed by atoms with Crippen LogP contribution in [0, 0.1) is 0 Å². The number of aliphatic hydroxyl groups excluding tert-OH is 1. The third-order valence-electron chi connectivity index (χ3n) is 2.36. The van der Waals surface area contributed by atoms with Gasteiger partial charge >= 0.3 is 0 Å². The molecule has 0 amide bonds. The SMILES string of the molecule is Nc1cc(-n2cccc2)ccc1NCCO. The molecule has 0 aliphatic rings. The van der Waals surface area contributed by atoms with Gasteiger partial charge in [-0.1, -0.05) is 0 Å². The van der Waals surface area contributed by atoms with E-state index in [-0.39, 0.29) is 6.61 Å². The van der Waals surface area contributed by atoms with Crippen molar-refractivity contribution in [2.24, 2.45) is 0 Å². The minimum atomic E-state index is 0.0960. The van der Waals surface area contributed by atoms with Gasteiger partial charge in [0.1, 0.15) is 0 Å². The minimum Gasteiger partial charge on any atom is -0.397 e. The highest BCUT2D eigenvalue weighted by Crippen LogP contribution is 2.21. The number of aliphatic hydroxyl groups is 1. The van der Waals surface area contributed by atoms with Gasteiger partial charge in [-0.2, -0.15) is 0 Å². The summed E-state index contributed by atoms with van der Waals surface area (Å²) in [4.78, 5) is 0. The van der Waals surface area contributed by atoms with Crippen molar-refractivity contribution >= 4 is 11.4 Å². The first-order valence-electron chi connectivity index (χ1n) is 5.19. The van der Waals surface area contributed by atoms with Gasteiger partial charge in [-0.3, -0.25) is 0 Å². The largest absolute Gasteiger partial charge is 0.397 e. The lowest BCUT2D eigenvalue weighted by atomic mass is 10.2. The molecule has 4 nitrogen and oxygen atoms in total. The van der Waals surface area contributed by atoms with Gasteiger partial charge in [-0.25, -0.2) is 0 Å². The summed E-state index contributed by atoms with van der Waals surface area (Å²) < 4.78 is 1.99. The molecule has 0 atom stereocenters. The number of benzene rings is 1. The van der Waals surface area contributed by atoms with E-state index in [0.29, 0.717) is 12.2 Å². The molecule has 0 saturated heterocycles. The van der Waals surface area contributed by atoms with Crippen LogP contribution in [0.2, 0.25) is 0 Å². The maximum atomic E-state index is 8.72. The van der Waals surface area contributed by atoms with Gasteiger partial charge in [0.05, 0.1) is 18.0 Å². The molecule has 0 aliphatic carbocycles. The Morgan fingerprint density at radius 2 is 2.00 bits per heavy atom. The molecule has 2 rings (SSSR count). The summed E-state index contributed by atoms with van der Waals surface area (Å²) in [6.45, 7) is 0.603. The zero-order valence-electron chi connectivity index (χ0n) is 8.93. The van der Waals surface area contributed by atoms with Gasteiger partial charge in [0.2, 0.25) is 0 Å². The molecule has 16 heavy (non-hydrogen) atoms. The topological polar surface area (TPSA) is 63.2 Å². The second kappa shape index (κ2) is 4.72. The maximum Gasteiger partial charge on any atom is 0.0604 e. The van der Waals surface area contributed by atoms with Gasteiger partial charge in [0, 0.05) is 24.6 Å². The average Bonchev–Trinajstić information content (AvgIpc) is 2.81. The van der Waals surface area contributed by atoms with Gasteiger partial charge in [-0.15, -0.1) is 0 Å². The summed E-state index contributed by atoms with van der Waals surface area (Å²) >= 11 is 0. The number of nitrogen functional groups attached to an aromatic ring is 1. The van der Waals surface area contributed by atoms with Crippen molar-refractivity contribution in [1.29, 1.82) is 0 Å². The zero-order chi connectivity index (χ0) is 11.4. The maximum absolute atomic E-state index is 8.72. The predicted octanol–water partition coefficient (Wildman–Crippen LogP) is 1.46. The molecule has 0 unspecified atom stereocenters. The molecule has 2 aromatic rings. The van der Waals surface area contributed by atoms with E-state index in [1.54, 1.807) is 0 Å². The van der Waals surface area contributed by atoms with Crippen LogP contribution in [0.5, 0.6) is 0 Å². The highest BCUT2D eigenvalue weighted by Gasteiger charge is 2.00. The minimum absolute atomic E-state index is 0.0960. The summed E-state index contributed by atoms with van der Waals surface area (Å²) in [5.74, 6) is 0. The molecule has 0 bridgehead atoms. The van der Waals surface area contributed by atoms with Crippen molar-refractivity contribution in [3.8, 4) is 5.69 Å². The van der Waals surface area contributed by atoms with Crippen molar-refractivity contribution in [2.75, 3.05) is 24.2 Å². The predicted molar refractivity (Wildman–Crippen MR) is 65.8 cm³/mol. The number of hydrogen-bond donors (Lipinski definition) is 3. The van der Waals surface area contributed by atoms with E-state index in [4.69, 9.17) is 10.8 Å². The molecule has 4 N–H and O–H groups in total. The molecule has 1 heterocycles. The molecule has 84 valence electrons. The Bertz CT molecular complexity index is 451. The van der Waals surface area contributed by atoms with E-state index >= 15 is 0 Å². The number of rotatable bonds is 4. The van der Waals surface area contributed by atoms with E-state index in [9.17, 15) is 0 Å². The fraction of sp³-hybridized carbons (Fsp3) is 0.167. The number of anilines is 2. The summed E-state index contributed by atoms with van der Waals surface area (Å²) in [7, 11) is 0. The lowest BCUT2D eigenvalue weighted by molar-refractivity contribution is 0.311. The Labute approximate surface area is 94.3 Å². The van der Waals surface area contributed by atoms with Gasteiger partial charge in [0.25, 0.3) is 0 Å². The highest BCUT2D eigenvalue weighted by atomic mass is 16.3. The van der Waals surface area contributed by atoms with Crippen LogP contribution in [-0.2, 0) is 0 Å². The van der Waals surface area contributed by atoms with Crippen LogP contribution < -0.4 is 11.1 Å². The molecular formula is C12H15N3O. The Kier molecular flexibility index (Phi) is 3.12. The van der Waals surface area contributed by atoms with Gasteiger partial charge in [-0.05, 0) is 30.3 Å². The molecule has 0 radical (unpaired) electrons. The molecule has 4 heteroatoms. The molecule has 0 fully saturated rings. The molecule has 1 aromatic carbocycles. The normalized spacial score (nSPS) is 10.3. The van der Waals surface area contributed by atoms with Crippen LogP contribution in [0.4, 0.5) is 11.4 Å². The first-order valence-corrected chi connectivity index (χ1v) is 5.19. The van der Waals surface area contributed by atoms with Gasteiger partial charge < -0.3 is 20.7 Å². The number of nitrogens with one attached hydrogen (secondary N) is 1. The van der Waals surface area contributed by atoms with Crippen molar-refractivity contribution in [3.63, 3.8) is 0 Å². The fourth-order valence-electron chi connectivity index (χ4n) is 1.57.